The highest BCUT2D eigenvalue weighted by atomic mass is 19.3. The van der Waals surface area contributed by atoms with E-state index in [4.69, 9.17) is 0 Å². The minimum atomic E-state index is -4.49. The van der Waals surface area contributed by atoms with Crippen LogP contribution in [0, 0.1) is 11.8 Å². The van der Waals surface area contributed by atoms with Crippen LogP contribution < -0.4 is 9.47 Å². The molecule has 0 radical (unpaired) electrons. The molecule has 0 N–H and O–H groups in total. The van der Waals surface area contributed by atoms with Gasteiger partial charge in [0.15, 0.2) is 11.5 Å². The summed E-state index contributed by atoms with van der Waals surface area (Å²) in [6.45, 7) is 2.00. The fourth-order valence-corrected chi connectivity index (χ4v) is 3.82. The summed E-state index contributed by atoms with van der Waals surface area (Å²) < 4.78 is 92.6. The number of halogens is 6. The van der Waals surface area contributed by atoms with Gasteiger partial charge in [-0.25, -0.2) is 0 Å². The number of hydrogen-bond acceptors (Lipinski definition) is 2. The molecule has 0 bridgehead atoms. The predicted molar refractivity (Wildman–Crippen MR) is 81.8 cm³/mol. The van der Waals surface area contributed by atoms with Gasteiger partial charge in [-0.05, 0) is 49.8 Å². The van der Waals surface area contributed by atoms with Gasteiger partial charge in [-0.1, -0.05) is 19.8 Å². The monoisotopic (exact) mass is 382 g/mol. The summed E-state index contributed by atoms with van der Waals surface area (Å²) in [6.07, 6.45) is -1.11. The molecule has 0 unspecified atom stereocenters. The van der Waals surface area contributed by atoms with Crippen LogP contribution in [0.15, 0.2) is 18.2 Å². The number of alkyl halides is 6. The topological polar surface area (TPSA) is 18.5 Å². The number of benzene rings is 1. The van der Waals surface area contributed by atoms with Crippen LogP contribution in [-0.4, -0.2) is 12.2 Å². The van der Waals surface area contributed by atoms with Crippen molar-refractivity contribution in [2.45, 2.75) is 63.6 Å². The standard InChI is InChI=1S/C18H20F6O2/c1-2-3-11-4-6-12(7-5-11)16(19,20)17(21,22)13-8-9-14-15(10-13)26-18(23,24)25-14/h8-12H,2-7H2,1H3. The second-order valence-corrected chi connectivity index (χ2v) is 7.03. The van der Waals surface area contributed by atoms with Gasteiger partial charge >= 0.3 is 18.1 Å². The van der Waals surface area contributed by atoms with Gasteiger partial charge in [-0.3, -0.25) is 0 Å². The Morgan fingerprint density at radius 2 is 1.62 bits per heavy atom. The molecule has 0 atom stereocenters. The van der Waals surface area contributed by atoms with Gasteiger partial charge in [0.2, 0.25) is 0 Å². The number of fused-ring (bicyclic) bond motifs is 1. The molecular weight excluding hydrogens is 362 g/mol. The first-order valence-electron chi connectivity index (χ1n) is 8.73. The summed E-state index contributed by atoms with van der Waals surface area (Å²) in [5.74, 6) is -11.1. The SMILES string of the molecule is CCCC1CCC(C(F)(F)C(F)(F)c2ccc3c(c2)OC(F)(F)O3)CC1. The van der Waals surface area contributed by atoms with Crippen LogP contribution in [0.1, 0.15) is 51.0 Å². The molecule has 8 heteroatoms. The largest absolute Gasteiger partial charge is 0.586 e. The third-order valence-electron chi connectivity index (χ3n) is 5.24. The first-order chi connectivity index (χ1) is 12.1. The zero-order valence-corrected chi connectivity index (χ0v) is 14.2. The Morgan fingerprint density at radius 1 is 1.00 bits per heavy atom. The molecule has 1 aromatic carbocycles. The Morgan fingerprint density at radius 3 is 2.23 bits per heavy atom. The molecule has 0 amide bonds. The second-order valence-electron chi connectivity index (χ2n) is 7.03. The average molecular weight is 382 g/mol. The van der Waals surface area contributed by atoms with Gasteiger partial charge in [-0.15, -0.1) is 8.78 Å². The van der Waals surface area contributed by atoms with Crippen LogP contribution in [-0.2, 0) is 5.92 Å². The normalized spacial score (nSPS) is 25.3. The maximum atomic E-state index is 14.6. The molecule has 1 fully saturated rings. The van der Waals surface area contributed by atoms with Crippen molar-refractivity contribution in [3.63, 3.8) is 0 Å². The number of hydrogen-bond donors (Lipinski definition) is 0. The predicted octanol–water partition coefficient (Wildman–Crippen LogP) is 6.34. The molecule has 1 heterocycles. The lowest BCUT2D eigenvalue weighted by atomic mass is 9.75. The van der Waals surface area contributed by atoms with Crippen molar-refractivity contribution in [1.82, 2.24) is 0 Å². The van der Waals surface area contributed by atoms with Crippen molar-refractivity contribution in [3.8, 4) is 11.5 Å². The summed E-state index contributed by atoms with van der Waals surface area (Å²) in [7, 11) is 0. The van der Waals surface area contributed by atoms with Crippen LogP contribution in [0.3, 0.4) is 0 Å². The second kappa shape index (κ2) is 6.53. The van der Waals surface area contributed by atoms with Crippen molar-refractivity contribution >= 4 is 0 Å². The van der Waals surface area contributed by atoms with E-state index in [1.54, 1.807) is 0 Å². The van der Waals surface area contributed by atoms with Gasteiger partial charge in [0.05, 0.1) is 0 Å². The van der Waals surface area contributed by atoms with E-state index in [2.05, 4.69) is 9.47 Å². The molecule has 1 saturated carbocycles. The first-order valence-corrected chi connectivity index (χ1v) is 8.73. The minimum absolute atomic E-state index is 0.0237. The first kappa shape index (κ1) is 19.2. The van der Waals surface area contributed by atoms with Crippen molar-refractivity contribution in [2.24, 2.45) is 11.8 Å². The molecule has 146 valence electrons. The Kier molecular flexibility index (Phi) is 4.82. The summed E-state index contributed by atoms with van der Waals surface area (Å²) in [5, 5.41) is 0. The van der Waals surface area contributed by atoms with Gasteiger partial charge in [-0.2, -0.15) is 17.6 Å². The molecule has 1 aliphatic carbocycles. The van der Waals surface area contributed by atoms with Crippen LogP contribution in [0.2, 0.25) is 0 Å². The van der Waals surface area contributed by atoms with Crippen LogP contribution in [0.25, 0.3) is 0 Å². The maximum Gasteiger partial charge on any atom is 0.586 e. The Balaban J connectivity index is 1.79. The van der Waals surface area contributed by atoms with E-state index in [-0.39, 0.29) is 12.8 Å². The van der Waals surface area contributed by atoms with E-state index in [0.29, 0.717) is 30.9 Å². The van der Waals surface area contributed by atoms with Gasteiger partial charge in [0, 0.05) is 11.5 Å². The third-order valence-corrected chi connectivity index (χ3v) is 5.24. The van der Waals surface area contributed by atoms with Crippen molar-refractivity contribution < 1.29 is 35.8 Å². The van der Waals surface area contributed by atoms with Gasteiger partial charge < -0.3 is 9.47 Å². The molecule has 0 aromatic heterocycles. The van der Waals surface area contributed by atoms with Crippen molar-refractivity contribution in [3.05, 3.63) is 23.8 Å². The Labute approximate surface area is 147 Å². The maximum absolute atomic E-state index is 14.6. The van der Waals surface area contributed by atoms with Crippen LogP contribution in [0.5, 0.6) is 11.5 Å². The molecule has 3 rings (SSSR count). The lowest BCUT2D eigenvalue weighted by Gasteiger charge is -2.37. The zero-order valence-electron chi connectivity index (χ0n) is 14.2. The molecule has 0 saturated heterocycles. The molecule has 1 aliphatic heterocycles. The number of ether oxygens (including phenoxy) is 2. The van der Waals surface area contributed by atoms with Crippen molar-refractivity contribution in [1.29, 1.82) is 0 Å². The highest BCUT2D eigenvalue weighted by Gasteiger charge is 2.62. The summed E-state index contributed by atoms with van der Waals surface area (Å²) in [6, 6.07) is 1.99. The lowest BCUT2D eigenvalue weighted by Crippen LogP contribution is -2.45. The van der Waals surface area contributed by atoms with E-state index < -0.39 is 41.1 Å². The van der Waals surface area contributed by atoms with E-state index in [9.17, 15) is 26.3 Å². The molecular formula is C18H20F6O2. The molecule has 26 heavy (non-hydrogen) atoms. The lowest BCUT2D eigenvalue weighted by molar-refractivity contribution is -0.286. The van der Waals surface area contributed by atoms with Crippen LogP contribution >= 0.6 is 0 Å². The molecule has 1 aromatic rings. The quantitative estimate of drug-likeness (QED) is 0.553. The fraction of sp³-hybridized carbons (Fsp3) is 0.667. The Bertz CT molecular complexity index is 653. The van der Waals surface area contributed by atoms with Gasteiger partial charge in [0.1, 0.15) is 0 Å². The van der Waals surface area contributed by atoms with E-state index in [0.717, 1.165) is 18.9 Å². The summed E-state index contributed by atoms with van der Waals surface area (Å²) in [4.78, 5) is 0. The van der Waals surface area contributed by atoms with Crippen LogP contribution in [0.4, 0.5) is 26.3 Å². The average Bonchev–Trinajstić information content (AvgIpc) is 2.88. The highest BCUT2D eigenvalue weighted by molar-refractivity contribution is 5.46. The molecule has 2 aliphatic rings. The van der Waals surface area contributed by atoms with E-state index >= 15 is 0 Å². The smallest absolute Gasteiger partial charge is 0.395 e. The Hall–Kier alpha value is -1.60. The van der Waals surface area contributed by atoms with E-state index in [1.165, 1.54) is 0 Å². The molecule has 0 spiro atoms. The third kappa shape index (κ3) is 3.34. The summed E-state index contributed by atoms with van der Waals surface area (Å²) in [5.41, 5.74) is -1.06. The highest BCUT2D eigenvalue weighted by Crippen LogP contribution is 2.53. The minimum Gasteiger partial charge on any atom is -0.395 e. The fourth-order valence-electron chi connectivity index (χ4n) is 3.82. The molecule has 2 nitrogen and oxygen atoms in total. The van der Waals surface area contributed by atoms with Crippen molar-refractivity contribution in [2.75, 3.05) is 0 Å². The zero-order chi connectivity index (χ0) is 19.2. The van der Waals surface area contributed by atoms with E-state index in [1.807, 2.05) is 6.92 Å². The summed E-state index contributed by atoms with van der Waals surface area (Å²) >= 11 is 0. The van der Waals surface area contributed by atoms with Gasteiger partial charge in [0.25, 0.3) is 0 Å². The number of rotatable bonds is 5.